The lowest BCUT2D eigenvalue weighted by atomic mass is 9.95. The van der Waals surface area contributed by atoms with Gasteiger partial charge in [0.1, 0.15) is 6.61 Å². The second-order valence-electron chi connectivity index (χ2n) is 9.98. The number of hydrogen-bond donors (Lipinski definition) is 2. The molecule has 0 spiro atoms. The number of nitrogens with zero attached hydrogens (tertiary/aromatic N) is 1. The molecule has 186 valence electrons. The molecular weight excluding hydrogens is 444 g/mol. The van der Waals surface area contributed by atoms with Crippen LogP contribution in [-0.4, -0.2) is 54.2 Å². The molecule has 2 aliphatic rings. The maximum Gasteiger partial charge on any atom is 0.407 e. The molecule has 0 aromatic heterocycles. The lowest BCUT2D eigenvalue weighted by Crippen LogP contribution is -2.32. The number of rotatable bonds is 9. The van der Waals surface area contributed by atoms with E-state index in [-0.39, 0.29) is 42.6 Å². The third kappa shape index (κ3) is 5.84. The summed E-state index contributed by atoms with van der Waals surface area (Å²) < 4.78 is 5.57. The van der Waals surface area contributed by atoms with Gasteiger partial charge in [0.05, 0.1) is 6.42 Å². The molecule has 2 N–H and O–H groups in total. The van der Waals surface area contributed by atoms with Crippen molar-refractivity contribution in [2.24, 2.45) is 17.8 Å². The monoisotopic (exact) mass is 478 g/mol. The molecule has 1 aliphatic heterocycles. The highest BCUT2D eigenvalue weighted by Crippen LogP contribution is 2.44. The van der Waals surface area contributed by atoms with Crippen LogP contribution in [0.3, 0.4) is 0 Å². The molecule has 0 saturated carbocycles. The minimum absolute atomic E-state index is 0.0157. The summed E-state index contributed by atoms with van der Waals surface area (Å²) in [7, 11) is 0. The maximum atomic E-state index is 12.6. The van der Waals surface area contributed by atoms with Crippen molar-refractivity contribution in [1.82, 2.24) is 10.2 Å². The van der Waals surface area contributed by atoms with Crippen molar-refractivity contribution in [2.75, 3.05) is 26.2 Å². The van der Waals surface area contributed by atoms with Crippen LogP contribution < -0.4 is 5.32 Å². The van der Waals surface area contributed by atoms with E-state index in [1.54, 1.807) is 4.90 Å². The number of ether oxygens (including phenoxy) is 1. The molecule has 7 heteroatoms. The van der Waals surface area contributed by atoms with Crippen LogP contribution in [0.5, 0.6) is 0 Å². The normalized spacial score (nSPS) is 19.7. The molecule has 3 atom stereocenters. The molecule has 3 unspecified atom stereocenters. The summed E-state index contributed by atoms with van der Waals surface area (Å²) in [4.78, 5) is 37.8. The first-order valence-corrected chi connectivity index (χ1v) is 12.4. The number of benzene rings is 2. The molecule has 2 aromatic carbocycles. The average Bonchev–Trinajstić information content (AvgIpc) is 3.35. The summed E-state index contributed by atoms with van der Waals surface area (Å²) in [6.45, 7) is 5.83. The first-order valence-electron chi connectivity index (χ1n) is 12.4. The molecule has 35 heavy (non-hydrogen) atoms. The van der Waals surface area contributed by atoms with E-state index in [1.807, 2.05) is 38.1 Å². The number of amides is 2. The number of hydrogen-bond acceptors (Lipinski definition) is 4. The topological polar surface area (TPSA) is 95.9 Å². The van der Waals surface area contributed by atoms with Gasteiger partial charge in [-0.1, -0.05) is 62.4 Å². The Morgan fingerprint density at radius 2 is 1.69 bits per heavy atom. The van der Waals surface area contributed by atoms with Gasteiger partial charge in [-0.25, -0.2) is 4.79 Å². The number of carboxylic acids is 1. The molecule has 1 heterocycles. The summed E-state index contributed by atoms with van der Waals surface area (Å²) in [5.74, 6) is -0.424. The molecule has 2 amide bonds. The fraction of sp³-hybridized carbons (Fsp3) is 0.464. The molecule has 0 radical (unpaired) electrons. The molecular formula is C28H34N2O5. The van der Waals surface area contributed by atoms with Crippen LogP contribution >= 0.6 is 0 Å². The Morgan fingerprint density at radius 3 is 2.31 bits per heavy atom. The van der Waals surface area contributed by atoms with Crippen molar-refractivity contribution in [3.8, 4) is 11.1 Å². The van der Waals surface area contributed by atoms with Crippen LogP contribution in [-0.2, 0) is 14.3 Å². The van der Waals surface area contributed by atoms with Gasteiger partial charge < -0.3 is 20.1 Å². The van der Waals surface area contributed by atoms with E-state index in [0.717, 1.165) is 0 Å². The quantitative estimate of drug-likeness (QED) is 0.553. The van der Waals surface area contributed by atoms with Crippen LogP contribution in [0.15, 0.2) is 48.5 Å². The predicted molar refractivity (Wildman–Crippen MR) is 133 cm³/mol. The van der Waals surface area contributed by atoms with Crippen molar-refractivity contribution in [2.45, 2.75) is 39.0 Å². The van der Waals surface area contributed by atoms with Crippen molar-refractivity contribution < 1.29 is 24.2 Å². The zero-order valence-corrected chi connectivity index (χ0v) is 20.4. The van der Waals surface area contributed by atoms with Gasteiger partial charge in [-0.2, -0.15) is 0 Å². The van der Waals surface area contributed by atoms with Gasteiger partial charge in [-0.15, -0.1) is 0 Å². The highest BCUT2D eigenvalue weighted by Gasteiger charge is 2.34. The Bertz CT molecular complexity index is 1040. The zero-order valence-electron chi connectivity index (χ0n) is 20.4. The Hall–Kier alpha value is -3.35. The van der Waals surface area contributed by atoms with E-state index in [4.69, 9.17) is 9.84 Å². The maximum absolute atomic E-state index is 12.6. The van der Waals surface area contributed by atoms with E-state index in [9.17, 15) is 14.4 Å². The van der Waals surface area contributed by atoms with Gasteiger partial charge in [-0.05, 0) is 46.4 Å². The Balaban J connectivity index is 1.19. The molecule has 1 fully saturated rings. The van der Waals surface area contributed by atoms with Crippen LogP contribution in [0.25, 0.3) is 11.1 Å². The first-order chi connectivity index (χ1) is 16.8. The van der Waals surface area contributed by atoms with Crippen molar-refractivity contribution in [1.29, 1.82) is 0 Å². The second-order valence-corrected chi connectivity index (χ2v) is 9.98. The lowest BCUT2D eigenvalue weighted by molar-refractivity contribution is -0.138. The summed E-state index contributed by atoms with van der Waals surface area (Å²) in [6.07, 6.45) is 0.705. The van der Waals surface area contributed by atoms with Gasteiger partial charge >= 0.3 is 12.1 Å². The Kier molecular flexibility index (Phi) is 7.73. The van der Waals surface area contributed by atoms with Gasteiger partial charge in [-0.3, -0.25) is 9.59 Å². The molecule has 1 saturated heterocycles. The first kappa shape index (κ1) is 24.8. The third-order valence-corrected chi connectivity index (χ3v) is 7.33. The van der Waals surface area contributed by atoms with E-state index in [0.29, 0.717) is 32.5 Å². The van der Waals surface area contributed by atoms with E-state index in [1.165, 1.54) is 22.3 Å². The fourth-order valence-electron chi connectivity index (χ4n) is 5.33. The SMILES string of the molecule is CC(CCNC(=O)OCC1c2ccccc2-c2ccccc21)CC(=O)N1CC(C)C(CC(=O)O)C1. The number of carbonyl (C=O) groups is 3. The van der Waals surface area contributed by atoms with Gasteiger partial charge in [0.25, 0.3) is 0 Å². The number of carboxylic acid groups (broad SMARTS) is 1. The standard InChI is InChI=1S/C28H34N2O5/c1-18(13-26(31)30-15-19(2)20(16-30)14-27(32)33)11-12-29-28(34)35-17-25-23-9-5-3-7-21(23)22-8-4-6-10-24(22)25/h3-10,18-20,25H,11-17H2,1-2H3,(H,29,34)(H,32,33). The molecule has 7 nitrogen and oxygen atoms in total. The minimum Gasteiger partial charge on any atom is -0.481 e. The number of fused-ring (bicyclic) bond motifs is 3. The highest BCUT2D eigenvalue weighted by molar-refractivity contribution is 5.79. The third-order valence-electron chi connectivity index (χ3n) is 7.33. The van der Waals surface area contributed by atoms with Gasteiger partial charge in [0.2, 0.25) is 5.91 Å². The largest absolute Gasteiger partial charge is 0.481 e. The van der Waals surface area contributed by atoms with Crippen LogP contribution in [0.2, 0.25) is 0 Å². The van der Waals surface area contributed by atoms with Crippen LogP contribution in [0, 0.1) is 17.8 Å². The molecule has 2 aromatic rings. The summed E-state index contributed by atoms with van der Waals surface area (Å²) in [6, 6.07) is 16.4. The molecule has 1 aliphatic carbocycles. The zero-order chi connectivity index (χ0) is 24.9. The Labute approximate surface area is 206 Å². The Morgan fingerprint density at radius 1 is 1.06 bits per heavy atom. The number of carbonyl (C=O) groups excluding carboxylic acids is 2. The molecule has 4 rings (SSSR count). The van der Waals surface area contributed by atoms with Crippen molar-refractivity contribution in [3.63, 3.8) is 0 Å². The molecule has 0 bridgehead atoms. The average molecular weight is 479 g/mol. The van der Waals surface area contributed by atoms with Crippen LogP contribution in [0.4, 0.5) is 4.79 Å². The van der Waals surface area contributed by atoms with E-state index in [2.05, 4.69) is 29.6 Å². The number of alkyl carbamates (subject to hydrolysis) is 1. The second kappa shape index (κ2) is 10.9. The summed E-state index contributed by atoms with van der Waals surface area (Å²) >= 11 is 0. The van der Waals surface area contributed by atoms with Crippen LogP contribution in [0.1, 0.15) is 50.2 Å². The highest BCUT2D eigenvalue weighted by atomic mass is 16.5. The predicted octanol–water partition coefficient (Wildman–Crippen LogP) is 4.51. The summed E-state index contributed by atoms with van der Waals surface area (Å²) in [5.41, 5.74) is 4.74. The van der Waals surface area contributed by atoms with Gasteiger partial charge in [0.15, 0.2) is 0 Å². The van der Waals surface area contributed by atoms with Crippen molar-refractivity contribution >= 4 is 18.0 Å². The lowest BCUT2D eigenvalue weighted by Gasteiger charge is -2.19. The summed E-state index contributed by atoms with van der Waals surface area (Å²) in [5, 5.41) is 11.9. The van der Waals surface area contributed by atoms with E-state index < -0.39 is 12.1 Å². The van der Waals surface area contributed by atoms with Crippen molar-refractivity contribution in [3.05, 3.63) is 59.7 Å². The number of likely N-dealkylation sites (tertiary alicyclic amines) is 1. The van der Waals surface area contributed by atoms with Gasteiger partial charge in [0, 0.05) is 32.0 Å². The number of aliphatic carboxylic acids is 1. The minimum atomic E-state index is -0.816. The number of nitrogens with one attached hydrogen (secondary N) is 1. The van der Waals surface area contributed by atoms with E-state index >= 15 is 0 Å². The fourth-order valence-corrected chi connectivity index (χ4v) is 5.33. The smallest absolute Gasteiger partial charge is 0.407 e.